The van der Waals surface area contributed by atoms with Crippen molar-refractivity contribution in [2.75, 3.05) is 31.2 Å². The van der Waals surface area contributed by atoms with E-state index >= 15 is 0 Å². The summed E-state index contributed by atoms with van der Waals surface area (Å²) in [7, 11) is -5.89. The van der Waals surface area contributed by atoms with Gasteiger partial charge in [0.25, 0.3) is 15.9 Å². The Morgan fingerprint density at radius 3 is 2.53 bits per heavy atom. The molecule has 0 spiro atoms. The van der Waals surface area contributed by atoms with E-state index in [1.807, 2.05) is 0 Å². The van der Waals surface area contributed by atoms with Crippen molar-refractivity contribution in [3.05, 3.63) is 53.6 Å². The fourth-order valence-corrected chi connectivity index (χ4v) is 5.84. The molecular weight excluding hydrogens is 454 g/mol. The number of nitrogens with one attached hydrogen (secondary N) is 2. The zero-order valence-electron chi connectivity index (χ0n) is 18.2. The molecule has 2 N–H and O–H groups in total. The van der Waals surface area contributed by atoms with E-state index in [0.717, 1.165) is 6.26 Å². The standard InChI is InChI=1S/C21H27N3O6S2/c1-15-10-11-16(21(25)22-17-7-6-12-24(14-17)31(3,26)27)13-20(15)32(28,29)23-18-8-4-5-9-19(18)30-2/h4-5,8-11,13,17,23H,6-7,12,14H2,1-3H3,(H,22,25). The Kier molecular flexibility index (Phi) is 7.11. The van der Waals surface area contributed by atoms with Crippen LogP contribution in [0.4, 0.5) is 5.69 Å². The molecule has 1 unspecified atom stereocenters. The number of sulfonamides is 2. The summed E-state index contributed by atoms with van der Waals surface area (Å²) < 4.78 is 58.7. The van der Waals surface area contributed by atoms with E-state index < -0.39 is 26.0 Å². The molecular formula is C21H27N3O6S2. The summed E-state index contributed by atoms with van der Waals surface area (Å²) in [5, 5.41) is 2.82. The zero-order chi connectivity index (χ0) is 23.5. The summed E-state index contributed by atoms with van der Waals surface area (Å²) in [5.41, 5.74) is 0.935. The number of hydrogen-bond acceptors (Lipinski definition) is 6. The van der Waals surface area contributed by atoms with Gasteiger partial charge in [0.1, 0.15) is 5.75 Å². The maximum atomic E-state index is 13.0. The monoisotopic (exact) mass is 481 g/mol. The van der Waals surface area contributed by atoms with Crippen molar-refractivity contribution >= 4 is 31.6 Å². The van der Waals surface area contributed by atoms with E-state index in [-0.39, 0.29) is 28.7 Å². The Bertz CT molecular complexity index is 1210. The van der Waals surface area contributed by atoms with Crippen LogP contribution in [0.3, 0.4) is 0 Å². The van der Waals surface area contributed by atoms with Crippen LogP contribution in [0.15, 0.2) is 47.4 Å². The first-order chi connectivity index (χ1) is 15.0. The normalized spacial score (nSPS) is 17.5. The van der Waals surface area contributed by atoms with Gasteiger partial charge in [-0.05, 0) is 49.6 Å². The maximum absolute atomic E-state index is 13.0. The average molecular weight is 482 g/mol. The van der Waals surface area contributed by atoms with Crippen LogP contribution in [0.5, 0.6) is 5.75 Å². The van der Waals surface area contributed by atoms with Crippen molar-refractivity contribution in [3.8, 4) is 5.75 Å². The molecule has 1 aliphatic rings. The summed E-state index contributed by atoms with van der Waals surface area (Å²) in [5.74, 6) is -0.0885. The molecule has 174 valence electrons. The number of rotatable bonds is 7. The first-order valence-corrected chi connectivity index (χ1v) is 13.4. The molecule has 1 aliphatic heterocycles. The molecule has 1 atom stereocenters. The number of anilines is 1. The number of carbonyl (C=O) groups excluding carboxylic acids is 1. The van der Waals surface area contributed by atoms with E-state index in [4.69, 9.17) is 4.74 Å². The lowest BCUT2D eigenvalue weighted by molar-refractivity contribution is 0.0921. The van der Waals surface area contributed by atoms with Gasteiger partial charge >= 0.3 is 0 Å². The number of amides is 1. The van der Waals surface area contributed by atoms with Gasteiger partial charge in [-0.2, -0.15) is 0 Å². The molecule has 0 aromatic heterocycles. The fraction of sp³-hybridized carbons (Fsp3) is 0.381. The van der Waals surface area contributed by atoms with Crippen molar-refractivity contribution < 1.29 is 26.4 Å². The van der Waals surface area contributed by atoms with Crippen molar-refractivity contribution in [1.82, 2.24) is 9.62 Å². The molecule has 0 radical (unpaired) electrons. The minimum absolute atomic E-state index is 0.0301. The Labute approximate surface area is 188 Å². The number of piperidine rings is 1. The quantitative estimate of drug-likeness (QED) is 0.623. The Morgan fingerprint density at radius 1 is 1.12 bits per heavy atom. The number of nitrogens with zero attached hydrogens (tertiary/aromatic N) is 1. The maximum Gasteiger partial charge on any atom is 0.262 e. The number of ether oxygens (including phenoxy) is 1. The summed E-state index contributed by atoms with van der Waals surface area (Å²) in [6, 6.07) is 10.7. The lowest BCUT2D eigenvalue weighted by Crippen LogP contribution is -2.49. The van der Waals surface area contributed by atoms with Crippen molar-refractivity contribution in [2.45, 2.75) is 30.7 Å². The van der Waals surface area contributed by atoms with E-state index in [1.165, 1.54) is 17.5 Å². The van der Waals surface area contributed by atoms with Crippen LogP contribution in [0.2, 0.25) is 0 Å². The van der Waals surface area contributed by atoms with Gasteiger partial charge in [-0.25, -0.2) is 21.1 Å². The van der Waals surface area contributed by atoms with Gasteiger partial charge in [-0.15, -0.1) is 0 Å². The predicted molar refractivity (Wildman–Crippen MR) is 122 cm³/mol. The predicted octanol–water partition coefficient (Wildman–Crippen LogP) is 1.96. The van der Waals surface area contributed by atoms with Crippen LogP contribution in [0.25, 0.3) is 0 Å². The smallest absolute Gasteiger partial charge is 0.262 e. The van der Waals surface area contributed by atoms with Crippen molar-refractivity contribution in [1.29, 1.82) is 0 Å². The van der Waals surface area contributed by atoms with Crippen LogP contribution in [-0.4, -0.2) is 59.5 Å². The van der Waals surface area contributed by atoms with E-state index in [1.54, 1.807) is 43.3 Å². The molecule has 32 heavy (non-hydrogen) atoms. The molecule has 0 aliphatic carbocycles. The summed E-state index contributed by atoms with van der Waals surface area (Å²) >= 11 is 0. The Morgan fingerprint density at radius 2 is 1.84 bits per heavy atom. The second-order valence-corrected chi connectivity index (χ2v) is 11.4. The zero-order valence-corrected chi connectivity index (χ0v) is 19.8. The van der Waals surface area contributed by atoms with Gasteiger partial charge in [-0.1, -0.05) is 18.2 Å². The van der Waals surface area contributed by atoms with E-state index in [9.17, 15) is 21.6 Å². The lowest BCUT2D eigenvalue weighted by atomic mass is 10.1. The first kappa shape index (κ1) is 24.0. The van der Waals surface area contributed by atoms with Gasteiger partial charge in [-0.3, -0.25) is 9.52 Å². The topological polar surface area (TPSA) is 122 Å². The number of methoxy groups -OCH3 is 1. The SMILES string of the molecule is COc1ccccc1NS(=O)(=O)c1cc(C(=O)NC2CCCN(S(C)(=O)=O)C2)ccc1C. The molecule has 1 saturated heterocycles. The molecule has 11 heteroatoms. The Hall–Kier alpha value is -2.63. The number of carbonyl (C=O) groups is 1. The average Bonchev–Trinajstić information content (AvgIpc) is 2.73. The highest BCUT2D eigenvalue weighted by atomic mass is 32.2. The van der Waals surface area contributed by atoms with Crippen LogP contribution >= 0.6 is 0 Å². The number of hydrogen-bond donors (Lipinski definition) is 2. The Balaban J connectivity index is 1.81. The van der Waals surface area contributed by atoms with Gasteiger partial charge in [0.05, 0.1) is 23.9 Å². The van der Waals surface area contributed by atoms with Crippen LogP contribution < -0.4 is 14.8 Å². The first-order valence-electron chi connectivity index (χ1n) is 10.0. The van der Waals surface area contributed by atoms with Gasteiger partial charge in [0, 0.05) is 24.7 Å². The fourth-order valence-electron chi connectivity index (χ4n) is 3.59. The van der Waals surface area contributed by atoms with Gasteiger partial charge in [0.15, 0.2) is 0 Å². The third kappa shape index (κ3) is 5.59. The second kappa shape index (κ2) is 9.47. The summed E-state index contributed by atoms with van der Waals surface area (Å²) in [4.78, 5) is 12.8. The molecule has 1 heterocycles. The summed E-state index contributed by atoms with van der Waals surface area (Å²) in [6.07, 6.45) is 2.42. The second-order valence-electron chi connectivity index (χ2n) is 7.72. The molecule has 1 fully saturated rings. The van der Waals surface area contributed by atoms with Crippen molar-refractivity contribution in [2.24, 2.45) is 0 Å². The van der Waals surface area contributed by atoms with Crippen LogP contribution in [0.1, 0.15) is 28.8 Å². The third-order valence-corrected chi connectivity index (χ3v) is 8.06. The molecule has 0 saturated carbocycles. The van der Waals surface area contributed by atoms with Crippen LogP contribution in [-0.2, 0) is 20.0 Å². The van der Waals surface area contributed by atoms with Crippen LogP contribution in [0, 0.1) is 6.92 Å². The highest BCUT2D eigenvalue weighted by Crippen LogP contribution is 2.27. The molecule has 0 bridgehead atoms. The van der Waals surface area contributed by atoms with Gasteiger partial charge < -0.3 is 10.1 Å². The number of aryl methyl sites for hydroxylation is 1. The minimum atomic E-state index is -3.99. The lowest BCUT2D eigenvalue weighted by Gasteiger charge is -2.31. The number of benzene rings is 2. The highest BCUT2D eigenvalue weighted by Gasteiger charge is 2.27. The summed E-state index contributed by atoms with van der Waals surface area (Å²) in [6.45, 7) is 2.26. The molecule has 9 nitrogen and oxygen atoms in total. The van der Waals surface area contributed by atoms with E-state index in [0.29, 0.717) is 30.7 Å². The van der Waals surface area contributed by atoms with Crippen molar-refractivity contribution in [3.63, 3.8) is 0 Å². The molecule has 2 aromatic carbocycles. The molecule has 3 rings (SSSR count). The minimum Gasteiger partial charge on any atom is -0.495 e. The largest absolute Gasteiger partial charge is 0.495 e. The highest BCUT2D eigenvalue weighted by molar-refractivity contribution is 7.92. The molecule has 1 amide bonds. The van der Waals surface area contributed by atoms with E-state index in [2.05, 4.69) is 10.0 Å². The third-order valence-electron chi connectivity index (χ3n) is 5.28. The molecule has 2 aromatic rings. The van der Waals surface area contributed by atoms with Gasteiger partial charge in [0.2, 0.25) is 10.0 Å². The number of para-hydroxylation sites is 2.